The number of benzene rings is 2. The van der Waals surface area contributed by atoms with Crippen molar-refractivity contribution in [1.29, 1.82) is 0 Å². The largest absolute Gasteiger partial charge is 0.485 e. The molecule has 3 aromatic rings. The van der Waals surface area contributed by atoms with E-state index < -0.39 is 6.10 Å². The van der Waals surface area contributed by atoms with E-state index in [0.717, 1.165) is 17.3 Å². The molecule has 1 aliphatic heterocycles. The highest BCUT2D eigenvalue weighted by Crippen LogP contribution is 2.35. The quantitative estimate of drug-likeness (QED) is 0.558. The zero-order valence-electron chi connectivity index (χ0n) is 14.9. The summed E-state index contributed by atoms with van der Waals surface area (Å²) in [6.07, 6.45) is -0.493. The second-order valence-corrected chi connectivity index (χ2v) is 7.84. The fourth-order valence-corrected chi connectivity index (χ4v) is 3.66. The van der Waals surface area contributed by atoms with Crippen LogP contribution < -0.4 is 14.8 Å². The Kier molecular flexibility index (Phi) is 6.13. The summed E-state index contributed by atoms with van der Waals surface area (Å²) in [6, 6.07) is 12.5. The van der Waals surface area contributed by atoms with Crippen LogP contribution in [0.2, 0.25) is 10.0 Å². The number of amides is 1. The number of hydrogen-bond donors (Lipinski definition) is 1. The molecule has 4 rings (SSSR count). The van der Waals surface area contributed by atoms with E-state index in [-0.39, 0.29) is 23.5 Å². The molecule has 0 radical (unpaired) electrons. The van der Waals surface area contributed by atoms with E-state index in [0.29, 0.717) is 34.0 Å². The molecule has 1 amide bonds. The summed E-state index contributed by atoms with van der Waals surface area (Å²) >= 11 is 13.1. The first-order chi connectivity index (χ1) is 14.1. The highest BCUT2D eigenvalue weighted by molar-refractivity contribution is 7.99. The van der Waals surface area contributed by atoms with Gasteiger partial charge in [0.25, 0.3) is 11.1 Å². The average molecular weight is 452 g/mol. The molecule has 0 fully saturated rings. The van der Waals surface area contributed by atoms with Gasteiger partial charge in [-0.15, -0.1) is 10.2 Å². The number of rotatable bonds is 6. The number of aromatic nitrogens is 2. The topological polar surface area (TPSA) is 86.5 Å². The molecule has 0 saturated carbocycles. The minimum absolute atomic E-state index is 0.123. The molecule has 10 heteroatoms. The molecule has 0 bridgehead atoms. The number of carbonyl (C=O) groups excluding carboxylic acids is 1. The van der Waals surface area contributed by atoms with Gasteiger partial charge in [0.1, 0.15) is 6.61 Å². The van der Waals surface area contributed by atoms with E-state index in [1.165, 1.54) is 0 Å². The van der Waals surface area contributed by atoms with Gasteiger partial charge < -0.3 is 19.2 Å². The number of halogens is 2. The lowest BCUT2D eigenvalue weighted by molar-refractivity contribution is -0.118. The Balaban J connectivity index is 1.28. The molecular formula is C19H15Cl2N3O4S. The first kappa shape index (κ1) is 19.9. The summed E-state index contributed by atoms with van der Waals surface area (Å²) < 4.78 is 17.1. The van der Waals surface area contributed by atoms with Crippen LogP contribution in [0.25, 0.3) is 0 Å². The van der Waals surface area contributed by atoms with Gasteiger partial charge in [-0.1, -0.05) is 53.2 Å². The number of hydrogen-bond acceptors (Lipinski definition) is 7. The van der Waals surface area contributed by atoms with Crippen molar-refractivity contribution in [2.24, 2.45) is 0 Å². The van der Waals surface area contributed by atoms with Crippen molar-refractivity contribution in [3.05, 3.63) is 64.0 Å². The van der Waals surface area contributed by atoms with Crippen molar-refractivity contribution < 1.29 is 18.7 Å². The summed E-state index contributed by atoms with van der Waals surface area (Å²) in [4.78, 5) is 12.1. The van der Waals surface area contributed by atoms with Crippen molar-refractivity contribution in [2.75, 3.05) is 12.4 Å². The number of fused-ring (bicyclic) bond motifs is 1. The lowest BCUT2D eigenvalue weighted by atomic mass is 10.2. The van der Waals surface area contributed by atoms with Crippen molar-refractivity contribution in [3.8, 4) is 11.5 Å². The molecule has 0 unspecified atom stereocenters. The predicted octanol–water partition coefficient (Wildman–Crippen LogP) is 4.30. The standard InChI is InChI=1S/C19H15Cl2N3O4S/c20-12-6-5-11(13(21)7-12)8-22-17(25)10-29-19-24-23-18(28-19)16-9-26-14-3-1-2-4-15(14)27-16/h1-7,16H,8-10H2,(H,22,25)/t16-/m0/s1. The number of nitrogens with one attached hydrogen (secondary N) is 1. The predicted molar refractivity (Wildman–Crippen MR) is 109 cm³/mol. The highest BCUT2D eigenvalue weighted by atomic mass is 35.5. The summed E-state index contributed by atoms with van der Waals surface area (Å²) in [6.45, 7) is 0.572. The van der Waals surface area contributed by atoms with Gasteiger partial charge in [0.05, 0.1) is 5.75 Å². The molecule has 0 aliphatic carbocycles. The SMILES string of the molecule is O=C(CSc1nnc([C@@H]2COc3ccccc3O2)o1)NCc1ccc(Cl)cc1Cl. The number of carbonyl (C=O) groups is 1. The Hall–Kier alpha value is -2.42. The molecular weight excluding hydrogens is 437 g/mol. The monoisotopic (exact) mass is 451 g/mol. The van der Waals surface area contributed by atoms with Crippen LogP contribution in [-0.2, 0) is 11.3 Å². The maximum atomic E-state index is 12.1. The van der Waals surface area contributed by atoms with Gasteiger partial charge in [0.2, 0.25) is 12.0 Å². The van der Waals surface area contributed by atoms with Crippen LogP contribution in [0.3, 0.4) is 0 Å². The smallest absolute Gasteiger partial charge is 0.277 e. The Morgan fingerprint density at radius 3 is 2.83 bits per heavy atom. The minimum atomic E-state index is -0.493. The van der Waals surface area contributed by atoms with Gasteiger partial charge in [-0.25, -0.2) is 0 Å². The van der Waals surface area contributed by atoms with Crippen LogP contribution in [0.15, 0.2) is 52.1 Å². The molecule has 1 N–H and O–H groups in total. The third-order valence-electron chi connectivity index (χ3n) is 4.02. The molecule has 150 valence electrons. The van der Waals surface area contributed by atoms with Gasteiger partial charge in [0, 0.05) is 16.6 Å². The van der Waals surface area contributed by atoms with E-state index in [4.69, 9.17) is 37.1 Å². The zero-order valence-corrected chi connectivity index (χ0v) is 17.3. The lowest BCUT2D eigenvalue weighted by Gasteiger charge is -2.23. The maximum absolute atomic E-state index is 12.1. The van der Waals surface area contributed by atoms with Gasteiger partial charge in [-0.3, -0.25) is 4.79 Å². The molecule has 7 nitrogen and oxygen atoms in total. The van der Waals surface area contributed by atoms with E-state index in [2.05, 4.69) is 15.5 Å². The second kappa shape index (κ2) is 8.94. The number of ether oxygens (including phenoxy) is 2. The fraction of sp³-hybridized carbons (Fsp3) is 0.211. The first-order valence-electron chi connectivity index (χ1n) is 8.64. The lowest BCUT2D eigenvalue weighted by Crippen LogP contribution is -2.24. The fourth-order valence-electron chi connectivity index (χ4n) is 2.59. The number of nitrogens with zero attached hydrogens (tertiary/aromatic N) is 2. The summed E-state index contributed by atoms with van der Waals surface area (Å²) in [5.41, 5.74) is 0.782. The van der Waals surface area contributed by atoms with Crippen LogP contribution in [0, 0.1) is 0 Å². The molecule has 29 heavy (non-hydrogen) atoms. The molecule has 2 aromatic carbocycles. The normalized spacial score (nSPS) is 15.2. The molecule has 1 aliphatic rings. The van der Waals surface area contributed by atoms with Crippen molar-refractivity contribution in [3.63, 3.8) is 0 Å². The first-order valence-corrected chi connectivity index (χ1v) is 10.4. The third kappa shape index (κ3) is 4.95. The van der Waals surface area contributed by atoms with E-state index in [9.17, 15) is 4.79 Å². The average Bonchev–Trinajstić information content (AvgIpc) is 3.20. The zero-order chi connectivity index (χ0) is 20.2. The molecule has 1 atom stereocenters. The van der Waals surface area contributed by atoms with Crippen LogP contribution in [0.4, 0.5) is 0 Å². The van der Waals surface area contributed by atoms with Gasteiger partial charge in [0.15, 0.2) is 11.5 Å². The van der Waals surface area contributed by atoms with Crippen molar-refractivity contribution in [2.45, 2.75) is 17.9 Å². The summed E-state index contributed by atoms with van der Waals surface area (Å²) in [5, 5.41) is 12.1. The van der Waals surface area contributed by atoms with Crippen LogP contribution in [0.5, 0.6) is 11.5 Å². The Morgan fingerprint density at radius 2 is 2.00 bits per heavy atom. The van der Waals surface area contributed by atoms with Gasteiger partial charge >= 0.3 is 0 Å². The number of thioether (sulfide) groups is 1. The van der Waals surface area contributed by atoms with Crippen LogP contribution in [-0.4, -0.2) is 28.5 Å². The Morgan fingerprint density at radius 1 is 1.17 bits per heavy atom. The minimum Gasteiger partial charge on any atom is -0.485 e. The molecule has 0 spiro atoms. The number of para-hydroxylation sites is 2. The Bertz CT molecular complexity index is 1030. The summed E-state index contributed by atoms with van der Waals surface area (Å²) in [7, 11) is 0. The van der Waals surface area contributed by atoms with Gasteiger partial charge in [-0.05, 0) is 29.8 Å². The van der Waals surface area contributed by atoms with Crippen LogP contribution >= 0.6 is 35.0 Å². The van der Waals surface area contributed by atoms with Crippen LogP contribution in [0.1, 0.15) is 17.6 Å². The third-order valence-corrected chi connectivity index (χ3v) is 5.43. The van der Waals surface area contributed by atoms with E-state index >= 15 is 0 Å². The molecule has 1 aromatic heterocycles. The summed E-state index contributed by atoms with van der Waals surface area (Å²) in [5.74, 6) is 1.53. The van der Waals surface area contributed by atoms with Crippen molar-refractivity contribution >= 4 is 40.9 Å². The molecule has 0 saturated heterocycles. The van der Waals surface area contributed by atoms with E-state index in [1.54, 1.807) is 18.2 Å². The van der Waals surface area contributed by atoms with Gasteiger partial charge in [-0.2, -0.15) is 0 Å². The van der Waals surface area contributed by atoms with Crippen molar-refractivity contribution in [1.82, 2.24) is 15.5 Å². The van der Waals surface area contributed by atoms with E-state index in [1.807, 2.05) is 24.3 Å². The molecule has 2 heterocycles. The Labute approximate surface area is 180 Å². The maximum Gasteiger partial charge on any atom is 0.277 e. The highest BCUT2D eigenvalue weighted by Gasteiger charge is 2.27. The second-order valence-electron chi connectivity index (χ2n) is 6.07.